The van der Waals surface area contributed by atoms with Crippen LogP contribution in [0.1, 0.15) is 18.4 Å². The fourth-order valence-electron chi connectivity index (χ4n) is 3.65. The second-order valence-corrected chi connectivity index (χ2v) is 6.20. The van der Waals surface area contributed by atoms with Crippen LogP contribution in [0.25, 0.3) is 6.08 Å². The summed E-state index contributed by atoms with van der Waals surface area (Å²) >= 11 is 0. The number of ether oxygens (including phenoxy) is 1. The normalized spacial score (nSPS) is 30.5. The van der Waals surface area contributed by atoms with E-state index >= 15 is 0 Å². The molecule has 1 aromatic rings. The maximum Gasteiger partial charge on any atom is 0.323 e. The van der Waals surface area contributed by atoms with Crippen LogP contribution in [-0.2, 0) is 9.53 Å². The van der Waals surface area contributed by atoms with E-state index in [-0.39, 0.29) is 18.1 Å². The standard InChI is InChI=1S/C19H23NO3/c1-23-19(22)18-12-15-9-10-16(21)13-17(15)20(18)11-5-8-14-6-3-2-4-7-14/h2-10,15-18,21H,11-13H2,1H3/b8-5+/t15-,16+,17+,18-/m0/s1. The van der Waals surface area contributed by atoms with Crippen LogP contribution in [-0.4, -0.2) is 47.8 Å². The molecule has 1 heterocycles. The molecule has 3 rings (SSSR count). The number of aliphatic hydroxyl groups is 1. The quantitative estimate of drug-likeness (QED) is 0.684. The Morgan fingerprint density at radius 2 is 2.09 bits per heavy atom. The molecule has 1 aliphatic carbocycles. The second-order valence-electron chi connectivity index (χ2n) is 6.20. The smallest absolute Gasteiger partial charge is 0.323 e. The highest BCUT2D eigenvalue weighted by molar-refractivity contribution is 5.76. The van der Waals surface area contributed by atoms with Crippen molar-refractivity contribution >= 4 is 12.0 Å². The zero-order valence-electron chi connectivity index (χ0n) is 13.3. The molecule has 1 aliphatic heterocycles. The largest absolute Gasteiger partial charge is 0.468 e. The number of nitrogens with zero attached hydrogens (tertiary/aromatic N) is 1. The van der Waals surface area contributed by atoms with Gasteiger partial charge in [-0.2, -0.15) is 0 Å². The Morgan fingerprint density at radius 1 is 1.30 bits per heavy atom. The summed E-state index contributed by atoms with van der Waals surface area (Å²) in [6.07, 6.45) is 9.06. The molecule has 1 N–H and O–H groups in total. The number of likely N-dealkylation sites (tertiary alicyclic amines) is 1. The van der Waals surface area contributed by atoms with Gasteiger partial charge in [-0.05, 0) is 24.3 Å². The number of carbonyl (C=O) groups excluding carboxylic acids is 1. The van der Waals surface area contributed by atoms with Crippen LogP contribution in [0.5, 0.6) is 0 Å². The van der Waals surface area contributed by atoms with E-state index in [1.54, 1.807) is 0 Å². The second kappa shape index (κ2) is 7.11. The minimum Gasteiger partial charge on any atom is -0.468 e. The maximum absolute atomic E-state index is 12.1. The number of benzene rings is 1. The average molecular weight is 313 g/mol. The molecule has 2 aliphatic rings. The third-order valence-electron chi connectivity index (χ3n) is 4.78. The summed E-state index contributed by atoms with van der Waals surface area (Å²) in [5.74, 6) is 0.128. The van der Waals surface area contributed by atoms with E-state index in [0.29, 0.717) is 18.9 Å². The number of carbonyl (C=O) groups is 1. The molecule has 0 aromatic heterocycles. The van der Waals surface area contributed by atoms with Gasteiger partial charge in [-0.3, -0.25) is 9.69 Å². The summed E-state index contributed by atoms with van der Waals surface area (Å²) in [5, 5.41) is 9.91. The lowest BCUT2D eigenvalue weighted by atomic mass is 9.89. The van der Waals surface area contributed by atoms with Crippen LogP contribution in [0.3, 0.4) is 0 Å². The van der Waals surface area contributed by atoms with Gasteiger partial charge in [-0.25, -0.2) is 0 Å². The number of fused-ring (bicyclic) bond motifs is 1. The van der Waals surface area contributed by atoms with Gasteiger partial charge in [0.05, 0.1) is 13.2 Å². The third kappa shape index (κ3) is 3.54. The summed E-state index contributed by atoms with van der Waals surface area (Å²) in [6.45, 7) is 0.677. The molecule has 1 fully saturated rings. The fraction of sp³-hybridized carbons (Fsp3) is 0.421. The van der Waals surface area contributed by atoms with Crippen molar-refractivity contribution in [2.75, 3.05) is 13.7 Å². The summed E-state index contributed by atoms with van der Waals surface area (Å²) in [5.41, 5.74) is 1.14. The Morgan fingerprint density at radius 3 is 2.83 bits per heavy atom. The van der Waals surface area contributed by atoms with Gasteiger partial charge in [0.15, 0.2) is 0 Å². The molecule has 0 spiro atoms. The van der Waals surface area contributed by atoms with E-state index in [2.05, 4.69) is 23.1 Å². The Kier molecular flexibility index (Phi) is 4.94. The van der Waals surface area contributed by atoms with Crippen molar-refractivity contribution in [1.29, 1.82) is 0 Å². The summed E-state index contributed by atoms with van der Waals surface area (Å²) in [6, 6.07) is 10.1. The molecule has 1 saturated heterocycles. The highest BCUT2D eigenvalue weighted by Crippen LogP contribution is 2.36. The summed E-state index contributed by atoms with van der Waals surface area (Å²) in [4.78, 5) is 14.3. The molecular weight excluding hydrogens is 290 g/mol. The van der Waals surface area contributed by atoms with Gasteiger partial charge in [-0.1, -0.05) is 54.6 Å². The van der Waals surface area contributed by atoms with Gasteiger partial charge < -0.3 is 9.84 Å². The first-order valence-corrected chi connectivity index (χ1v) is 8.10. The molecule has 0 radical (unpaired) electrons. The van der Waals surface area contributed by atoms with E-state index in [1.165, 1.54) is 7.11 Å². The fourth-order valence-corrected chi connectivity index (χ4v) is 3.65. The zero-order chi connectivity index (χ0) is 16.2. The molecule has 4 nitrogen and oxygen atoms in total. The molecule has 1 aromatic carbocycles. The van der Waals surface area contributed by atoms with Crippen LogP contribution in [0.4, 0.5) is 0 Å². The molecule has 0 amide bonds. The topological polar surface area (TPSA) is 49.8 Å². The van der Waals surface area contributed by atoms with E-state index in [9.17, 15) is 9.90 Å². The molecule has 0 bridgehead atoms. The minimum atomic E-state index is -0.423. The summed E-state index contributed by atoms with van der Waals surface area (Å²) < 4.78 is 4.97. The van der Waals surface area contributed by atoms with Crippen molar-refractivity contribution in [3.05, 3.63) is 54.1 Å². The zero-order valence-corrected chi connectivity index (χ0v) is 13.3. The number of aliphatic hydroxyl groups excluding tert-OH is 1. The third-order valence-corrected chi connectivity index (χ3v) is 4.78. The first kappa shape index (κ1) is 16.0. The number of methoxy groups -OCH3 is 1. The van der Waals surface area contributed by atoms with E-state index < -0.39 is 6.10 Å². The van der Waals surface area contributed by atoms with Crippen LogP contribution >= 0.6 is 0 Å². The van der Waals surface area contributed by atoms with Crippen molar-refractivity contribution in [2.24, 2.45) is 5.92 Å². The van der Waals surface area contributed by atoms with E-state index in [0.717, 1.165) is 12.0 Å². The van der Waals surface area contributed by atoms with Crippen molar-refractivity contribution in [3.8, 4) is 0 Å². The SMILES string of the molecule is COC(=O)[C@@H]1C[C@@H]2C=C[C@@H](O)C[C@H]2N1C/C=C/c1ccccc1. The molecule has 0 saturated carbocycles. The highest BCUT2D eigenvalue weighted by Gasteiger charge is 2.45. The van der Waals surface area contributed by atoms with Crippen LogP contribution in [0, 0.1) is 5.92 Å². The number of rotatable bonds is 4. The minimum absolute atomic E-state index is 0.185. The predicted molar refractivity (Wildman–Crippen MR) is 89.6 cm³/mol. The Balaban J connectivity index is 1.74. The lowest BCUT2D eigenvalue weighted by Gasteiger charge is -2.32. The monoisotopic (exact) mass is 313 g/mol. The van der Waals surface area contributed by atoms with Gasteiger partial charge in [-0.15, -0.1) is 0 Å². The molecule has 0 unspecified atom stereocenters. The van der Waals surface area contributed by atoms with E-state index in [4.69, 9.17) is 4.74 Å². The maximum atomic E-state index is 12.1. The first-order valence-electron chi connectivity index (χ1n) is 8.10. The van der Waals surface area contributed by atoms with Gasteiger partial charge in [0, 0.05) is 12.6 Å². The highest BCUT2D eigenvalue weighted by atomic mass is 16.5. The Labute approximate surface area is 137 Å². The van der Waals surface area contributed by atoms with Crippen LogP contribution < -0.4 is 0 Å². The number of hydrogen-bond donors (Lipinski definition) is 1. The first-order chi connectivity index (χ1) is 11.2. The molecular formula is C19H23NO3. The van der Waals surface area contributed by atoms with Gasteiger partial charge >= 0.3 is 5.97 Å². The predicted octanol–water partition coefficient (Wildman–Crippen LogP) is 2.25. The summed E-state index contributed by atoms with van der Waals surface area (Å²) in [7, 11) is 1.44. The Hall–Kier alpha value is -1.91. The lowest BCUT2D eigenvalue weighted by Crippen LogP contribution is -2.43. The van der Waals surface area contributed by atoms with Gasteiger partial charge in [0.25, 0.3) is 0 Å². The average Bonchev–Trinajstić information content (AvgIpc) is 2.93. The van der Waals surface area contributed by atoms with E-state index in [1.807, 2.05) is 36.4 Å². The Bertz CT molecular complexity index is 596. The van der Waals surface area contributed by atoms with Gasteiger partial charge in [0.2, 0.25) is 0 Å². The molecule has 4 atom stereocenters. The molecule has 122 valence electrons. The number of esters is 1. The van der Waals surface area contributed by atoms with Crippen molar-refractivity contribution in [2.45, 2.75) is 31.0 Å². The van der Waals surface area contributed by atoms with Crippen LogP contribution in [0.2, 0.25) is 0 Å². The van der Waals surface area contributed by atoms with Gasteiger partial charge in [0.1, 0.15) is 6.04 Å². The van der Waals surface area contributed by atoms with Crippen molar-refractivity contribution < 1.29 is 14.6 Å². The number of hydrogen-bond acceptors (Lipinski definition) is 4. The van der Waals surface area contributed by atoms with Crippen LogP contribution in [0.15, 0.2) is 48.6 Å². The van der Waals surface area contributed by atoms with Crippen molar-refractivity contribution in [1.82, 2.24) is 4.90 Å². The lowest BCUT2D eigenvalue weighted by molar-refractivity contribution is -0.146. The van der Waals surface area contributed by atoms with Crippen molar-refractivity contribution in [3.63, 3.8) is 0 Å². The molecule has 4 heteroatoms. The molecule has 23 heavy (non-hydrogen) atoms.